The molecule has 0 aliphatic rings. The summed E-state index contributed by atoms with van der Waals surface area (Å²) in [4.78, 5) is 0.896. The Morgan fingerprint density at radius 2 is 1.88 bits per heavy atom. The maximum absolute atomic E-state index is 13.7. The van der Waals surface area contributed by atoms with E-state index in [2.05, 4.69) is 19.1 Å². The summed E-state index contributed by atoms with van der Waals surface area (Å²) in [5.41, 5.74) is 4.45. The van der Waals surface area contributed by atoms with Gasteiger partial charge >= 0.3 is 6.18 Å². The first-order valence-electron chi connectivity index (χ1n) is 8.08. The fourth-order valence-electron chi connectivity index (χ4n) is 2.78. The van der Waals surface area contributed by atoms with E-state index in [1.54, 1.807) is 11.3 Å². The van der Waals surface area contributed by atoms with E-state index < -0.39 is 23.2 Å². The van der Waals surface area contributed by atoms with Gasteiger partial charge in [-0.15, -0.1) is 11.3 Å². The molecule has 0 bridgehead atoms. The van der Waals surface area contributed by atoms with E-state index in [-0.39, 0.29) is 12.4 Å². The Morgan fingerprint density at radius 3 is 2.54 bits per heavy atom. The number of rotatable bonds is 5. The van der Waals surface area contributed by atoms with Gasteiger partial charge in [0.2, 0.25) is 0 Å². The number of hydrogen-bond donors (Lipinski definition) is 1. The highest BCUT2D eigenvalue weighted by Crippen LogP contribution is 2.38. The van der Waals surface area contributed by atoms with Crippen LogP contribution in [0.5, 0.6) is 5.75 Å². The van der Waals surface area contributed by atoms with E-state index >= 15 is 0 Å². The largest absolute Gasteiger partial charge is 0.488 e. The summed E-state index contributed by atoms with van der Waals surface area (Å²) in [6.07, 6.45) is -2.77. The monoisotopic (exact) mass is 383 g/mol. The van der Waals surface area contributed by atoms with Crippen LogP contribution in [0.2, 0.25) is 0 Å². The Morgan fingerprint density at radius 1 is 1.12 bits per heavy atom. The maximum atomic E-state index is 13.7. The lowest BCUT2D eigenvalue weighted by Crippen LogP contribution is -2.12. The van der Waals surface area contributed by atoms with Crippen molar-refractivity contribution >= 4 is 27.1 Å². The molecule has 26 heavy (non-hydrogen) atoms. The van der Waals surface area contributed by atoms with Gasteiger partial charge in [0.15, 0.2) is 0 Å². The second-order valence-electron chi connectivity index (χ2n) is 5.99. The summed E-state index contributed by atoms with van der Waals surface area (Å²) in [7, 11) is 0. The smallest absolute Gasteiger partial charge is 0.421 e. The molecule has 0 spiro atoms. The molecular weight excluding hydrogens is 366 g/mol. The quantitative estimate of drug-likeness (QED) is 0.422. The molecule has 2 nitrogen and oxygen atoms in total. The Bertz CT molecular complexity index is 910. The number of hydrogen-bond acceptors (Lipinski definition) is 3. The fourth-order valence-corrected chi connectivity index (χ4v) is 3.83. The number of benzene rings is 2. The van der Waals surface area contributed by atoms with E-state index in [9.17, 15) is 17.6 Å². The second kappa shape index (κ2) is 7.15. The van der Waals surface area contributed by atoms with Gasteiger partial charge in [-0.1, -0.05) is 25.5 Å². The third-order valence-electron chi connectivity index (χ3n) is 3.93. The Hall–Kier alpha value is -2.28. The number of aryl methyl sites for hydroxylation is 1. The average Bonchev–Trinajstić information content (AvgIpc) is 2.93. The molecule has 2 N–H and O–H groups in total. The fraction of sp³-hybridized carbons (Fsp3) is 0.263. The number of nitrogen functional groups attached to an aromatic ring is 1. The van der Waals surface area contributed by atoms with E-state index in [1.807, 2.05) is 12.1 Å². The van der Waals surface area contributed by atoms with Crippen LogP contribution in [0.3, 0.4) is 0 Å². The zero-order valence-corrected chi connectivity index (χ0v) is 14.8. The number of alkyl halides is 3. The van der Waals surface area contributed by atoms with Crippen LogP contribution in [0.15, 0.2) is 36.4 Å². The lowest BCUT2D eigenvalue weighted by Gasteiger charge is -2.13. The lowest BCUT2D eigenvalue weighted by atomic mass is 10.1. The third-order valence-corrected chi connectivity index (χ3v) is 5.00. The second-order valence-corrected chi connectivity index (χ2v) is 7.16. The van der Waals surface area contributed by atoms with Crippen molar-refractivity contribution in [3.8, 4) is 5.75 Å². The molecule has 0 radical (unpaired) electrons. The predicted molar refractivity (Wildman–Crippen MR) is 96.0 cm³/mol. The molecule has 1 heterocycles. The van der Waals surface area contributed by atoms with Crippen LogP contribution in [0.25, 0.3) is 10.1 Å². The third kappa shape index (κ3) is 3.93. The van der Waals surface area contributed by atoms with Gasteiger partial charge in [-0.05, 0) is 29.5 Å². The van der Waals surface area contributed by atoms with E-state index in [4.69, 9.17) is 10.5 Å². The Labute approximate surface area is 152 Å². The first-order valence-corrected chi connectivity index (χ1v) is 8.90. The summed E-state index contributed by atoms with van der Waals surface area (Å²) in [6, 6.07) is 9.91. The number of anilines is 1. The minimum atomic E-state index is -4.84. The summed E-state index contributed by atoms with van der Waals surface area (Å²) >= 11 is 1.54. The van der Waals surface area contributed by atoms with Crippen LogP contribution in [0.1, 0.15) is 29.3 Å². The molecule has 138 valence electrons. The van der Waals surface area contributed by atoms with E-state index in [0.29, 0.717) is 6.07 Å². The normalized spacial score (nSPS) is 11.9. The summed E-state index contributed by atoms with van der Waals surface area (Å²) in [5, 5.41) is 1.08. The van der Waals surface area contributed by atoms with Crippen molar-refractivity contribution < 1.29 is 22.3 Å². The maximum Gasteiger partial charge on any atom is 0.421 e. The predicted octanol–water partition coefficient (Wildman–Crippen LogP) is 6.17. The van der Waals surface area contributed by atoms with Crippen LogP contribution in [-0.2, 0) is 19.2 Å². The lowest BCUT2D eigenvalue weighted by molar-refractivity contribution is -0.139. The molecule has 0 saturated heterocycles. The van der Waals surface area contributed by atoms with Gasteiger partial charge in [0.25, 0.3) is 0 Å². The summed E-state index contributed by atoms with van der Waals surface area (Å²) in [5.74, 6) is -1.47. The van der Waals surface area contributed by atoms with Gasteiger partial charge in [-0.2, -0.15) is 13.2 Å². The molecule has 3 rings (SSSR count). The molecular formula is C19H17F4NOS. The SMILES string of the molecule is CCCc1ccc2cc(COc3cc(N)c(C(F)(F)F)c(F)c3)sc2c1. The van der Waals surface area contributed by atoms with E-state index in [1.165, 1.54) is 5.56 Å². The van der Waals surface area contributed by atoms with Gasteiger partial charge in [0.05, 0.1) is 5.69 Å². The van der Waals surface area contributed by atoms with Crippen molar-refractivity contribution in [2.45, 2.75) is 32.5 Å². The number of halogens is 4. The number of nitrogens with two attached hydrogens (primary N) is 1. The zero-order chi connectivity index (χ0) is 18.9. The number of thiophene rings is 1. The van der Waals surface area contributed by atoms with E-state index in [0.717, 1.165) is 33.9 Å². The highest BCUT2D eigenvalue weighted by molar-refractivity contribution is 7.19. The highest BCUT2D eigenvalue weighted by atomic mass is 32.1. The van der Waals surface area contributed by atoms with Crippen molar-refractivity contribution in [1.82, 2.24) is 0 Å². The van der Waals surface area contributed by atoms with Gasteiger partial charge in [-0.25, -0.2) is 4.39 Å². The molecule has 0 unspecified atom stereocenters. The number of fused-ring (bicyclic) bond motifs is 1. The topological polar surface area (TPSA) is 35.2 Å². The first-order chi connectivity index (χ1) is 12.3. The standard InChI is InChI=1S/C19H17F4NOS/c1-2-3-11-4-5-12-7-14(26-17(12)6-11)10-25-13-8-15(20)18(16(24)9-13)19(21,22)23/h4-9H,2-3,10,24H2,1H3. The van der Waals surface area contributed by atoms with Gasteiger partial charge in [0, 0.05) is 21.7 Å². The van der Waals surface area contributed by atoms with Crippen molar-refractivity contribution in [2.75, 3.05) is 5.73 Å². The molecule has 0 amide bonds. The molecule has 0 saturated carbocycles. The highest BCUT2D eigenvalue weighted by Gasteiger charge is 2.36. The van der Waals surface area contributed by atoms with Gasteiger partial charge < -0.3 is 10.5 Å². The van der Waals surface area contributed by atoms with Crippen molar-refractivity contribution in [3.05, 3.63) is 58.2 Å². The average molecular weight is 383 g/mol. The summed E-state index contributed by atoms with van der Waals surface area (Å²) in [6.45, 7) is 2.25. The van der Waals surface area contributed by atoms with Crippen molar-refractivity contribution in [1.29, 1.82) is 0 Å². The molecule has 7 heteroatoms. The molecule has 2 aromatic carbocycles. The van der Waals surface area contributed by atoms with Crippen LogP contribution >= 0.6 is 11.3 Å². The minimum absolute atomic E-state index is 0.0304. The van der Waals surface area contributed by atoms with Crippen LogP contribution in [0, 0.1) is 5.82 Å². The summed E-state index contributed by atoms with van der Waals surface area (Å²) < 4.78 is 58.5. The van der Waals surface area contributed by atoms with Gasteiger partial charge in [-0.3, -0.25) is 0 Å². The van der Waals surface area contributed by atoms with Gasteiger partial charge in [0.1, 0.15) is 23.7 Å². The Balaban J connectivity index is 1.77. The molecule has 0 aliphatic heterocycles. The number of ether oxygens (including phenoxy) is 1. The Kier molecular flexibility index (Phi) is 5.09. The molecule has 1 aromatic heterocycles. The minimum Gasteiger partial charge on any atom is -0.488 e. The zero-order valence-electron chi connectivity index (χ0n) is 14.0. The molecule has 0 fully saturated rings. The molecule has 0 aliphatic carbocycles. The van der Waals surface area contributed by atoms with Crippen molar-refractivity contribution in [3.63, 3.8) is 0 Å². The molecule has 3 aromatic rings. The van der Waals surface area contributed by atoms with Crippen molar-refractivity contribution in [2.24, 2.45) is 0 Å². The van der Waals surface area contributed by atoms with Crippen LogP contribution in [-0.4, -0.2) is 0 Å². The first kappa shape index (κ1) is 18.5. The van der Waals surface area contributed by atoms with Crippen LogP contribution in [0.4, 0.5) is 23.2 Å². The van der Waals surface area contributed by atoms with Crippen LogP contribution < -0.4 is 10.5 Å². The molecule has 0 atom stereocenters.